The highest BCUT2D eigenvalue weighted by molar-refractivity contribution is 4.76. The molecule has 0 amide bonds. The Morgan fingerprint density at radius 1 is 1.00 bits per heavy atom. The molecule has 0 rings (SSSR count). The molecule has 18 heavy (non-hydrogen) atoms. The number of methoxy groups -OCH3 is 1. The molecule has 0 heterocycles. The fraction of sp³-hybridized carbons (Fsp3) is 1.00. The van der Waals surface area contributed by atoms with Gasteiger partial charge >= 0.3 is 0 Å². The Kier molecular flexibility index (Phi) is 11.9. The molecule has 0 aliphatic heterocycles. The molecule has 0 aromatic carbocycles. The highest BCUT2D eigenvalue weighted by Gasteiger charge is 2.22. The maximum absolute atomic E-state index is 5.69. The van der Waals surface area contributed by atoms with Crippen LogP contribution in [0.25, 0.3) is 0 Å². The predicted molar refractivity (Wildman–Crippen MR) is 78.1 cm³/mol. The van der Waals surface area contributed by atoms with E-state index in [9.17, 15) is 0 Å². The van der Waals surface area contributed by atoms with Crippen molar-refractivity contribution in [3.05, 3.63) is 0 Å². The van der Waals surface area contributed by atoms with Gasteiger partial charge in [-0.25, -0.2) is 0 Å². The van der Waals surface area contributed by atoms with Gasteiger partial charge in [0.1, 0.15) is 0 Å². The second-order valence-corrected chi connectivity index (χ2v) is 5.45. The van der Waals surface area contributed by atoms with Gasteiger partial charge in [-0.3, -0.25) is 0 Å². The molecule has 110 valence electrons. The van der Waals surface area contributed by atoms with Gasteiger partial charge in [-0.2, -0.15) is 0 Å². The molecule has 0 fully saturated rings. The number of nitrogens with one attached hydrogen (secondary N) is 1. The summed E-state index contributed by atoms with van der Waals surface area (Å²) in [6, 6.07) is 0. The van der Waals surface area contributed by atoms with Gasteiger partial charge < -0.3 is 14.8 Å². The van der Waals surface area contributed by atoms with Crippen molar-refractivity contribution in [2.75, 3.05) is 40.0 Å². The average Bonchev–Trinajstić information content (AvgIpc) is 2.35. The van der Waals surface area contributed by atoms with Gasteiger partial charge in [0.15, 0.2) is 0 Å². The molecule has 3 heteroatoms. The van der Waals surface area contributed by atoms with E-state index >= 15 is 0 Å². The van der Waals surface area contributed by atoms with Crippen molar-refractivity contribution >= 4 is 0 Å². The monoisotopic (exact) mass is 259 g/mol. The maximum atomic E-state index is 5.69. The number of ether oxygens (including phenoxy) is 2. The summed E-state index contributed by atoms with van der Waals surface area (Å²) in [4.78, 5) is 0. The van der Waals surface area contributed by atoms with Crippen LogP contribution in [-0.2, 0) is 9.47 Å². The molecule has 1 atom stereocenters. The summed E-state index contributed by atoms with van der Waals surface area (Å²) < 4.78 is 10.7. The van der Waals surface area contributed by atoms with Crippen molar-refractivity contribution in [3.63, 3.8) is 0 Å². The van der Waals surface area contributed by atoms with Gasteiger partial charge in [0, 0.05) is 33.4 Å². The van der Waals surface area contributed by atoms with E-state index in [4.69, 9.17) is 9.47 Å². The molecule has 0 spiro atoms. The average molecular weight is 259 g/mol. The van der Waals surface area contributed by atoms with Gasteiger partial charge in [-0.1, -0.05) is 33.6 Å². The minimum Gasteiger partial charge on any atom is -0.383 e. The van der Waals surface area contributed by atoms with Crippen LogP contribution in [0.4, 0.5) is 0 Å². The van der Waals surface area contributed by atoms with Crippen molar-refractivity contribution in [1.82, 2.24) is 5.32 Å². The Balaban J connectivity index is 3.78. The molecule has 0 saturated carbocycles. The first-order valence-corrected chi connectivity index (χ1v) is 7.46. The molecule has 3 nitrogen and oxygen atoms in total. The molecule has 0 aromatic rings. The molecular weight excluding hydrogens is 226 g/mol. The van der Waals surface area contributed by atoms with Gasteiger partial charge in [0.2, 0.25) is 0 Å². The molecule has 0 radical (unpaired) electrons. The Labute approximate surface area is 114 Å². The Bertz CT molecular complexity index is 176. The minimum absolute atomic E-state index is 0.356. The first-order chi connectivity index (χ1) is 8.68. The van der Waals surface area contributed by atoms with Crippen molar-refractivity contribution in [2.45, 2.75) is 52.9 Å². The zero-order chi connectivity index (χ0) is 13.7. The van der Waals surface area contributed by atoms with E-state index < -0.39 is 0 Å². The molecule has 0 bridgehead atoms. The largest absolute Gasteiger partial charge is 0.383 e. The normalized spacial score (nSPS) is 14.7. The van der Waals surface area contributed by atoms with Crippen molar-refractivity contribution < 1.29 is 9.47 Å². The number of hydrogen-bond donors (Lipinski definition) is 1. The SMILES string of the molecule is CCCCOCCC(C)(CCC)CNCCOC. The van der Waals surface area contributed by atoms with Crippen LogP contribution in [-0.4, -0.2) is 40.0 Å². The third-order valence-electron chi connectivity index (χ3n) is 3.38. The quantitative estimate of drug-likeness (QED) is 0.515. The number of rotatable bonds is 13. The smallest absolute Gasteiger partial charge is 0.0587 e. The summed E-state index contributed by atoms with van der Waals surface area (Å²) in [6.45, 7) is 11.4. The van der Waals surface area contributed by atoms with E-state index in [-0.39, 0.29) is 0 Å². The van der Waals surface area contributed by atoms with Crippen LogP contribution in [0.15, 0.2) is 0 Å². The predicted octanol–water partition coefficient (Wildman–Crippen LogP) is 3.24. The van der Waals surface area contributed by atoms with Crippen LogP contribution in [0.3, 0.4) is 0 Å². The van der Waals surface area contributed by atoms with Crippen LogP contribution in [0.2, 0.25) is 0 Å². The van der Waals surface area contributed by atoms with Crippen molar-refractivity contribution in [1.29, 1.82) is 0 Å². The fourth-order valence-corrected chi connectivity index (χ4v) is 2.14. The lowest BCUT2D eigenvalue weighted by molar-refractivity contribution is 0.0914. The summed E-state index contributed by atoms with van der Waals surface area (Å²) in [5.74, 6) is 0. The molecule has 1 unspecified atom stereocenters. The lowest BCUT2D eigenvalue weighted by Crippen LogP contribution is -2.34. The Morgan fingerprint density at radius 2 is 1.78 bits per heavy atom. The lowest BCUT2D eigenvalue weighted by atomic mass is 9.82. The fourth-order valence-electron chi connectivity index (χ4n) is 2.14. The molecule has 0 aliphatic carbocycles. The van der Waals surface area contributed by atoms with Crippen LogP contribution in [0.1, 0.15) is 52.9 Å². The summed E-state index contributed by atoms with van der Waals surface area (Å²) in [5.41, 5.74) is 0.356. The molecule has 0 saturated heterocycles. The minimum atomic E-state index is 0.356. The van der Waals surface area contributed by atoms with E-state index in [1.54, 1.807) is 7.11 Å². The van der Waals surface area contributed by atoms with Gasteiger partial charge in [-0.05, 0) is 24.7 Å². The summed E-state index contributed by atoms with van der Waals surface area (Å²) in [7, 11) is 1.74. The summed E-state index contributed by atoms with van der Waals surface area (Å²) >= 11 is 0. The van der Waals surface area contributed by atoms with Gasteiger partial charge in [-0.15, -0.1) is 0 Å². The van der Waals surface area contributed by atoms with E-state index in [0.717, 1.165) is 39.3 Å². The Hall–Kier alpha value is -0.120. The first-order valence-electron chi connectivity index (χ1n) is 7.46. The number of unbranched alkanes of at least 4 members (excludes halogenated alkanes) is 1. The van der Waals surface area contributed by atoms with Crippen LogP contribution >= 0.6 is 0 Å². The highest BCUT2D eigenvalue weighted by atomic mass is 16.5. The van der Waals surface area contributed by atoms with Crippen LogP contribution in [0.5, 0.6) is 0 Å². The second-order valence-electron chi connectivity index (χ2n) is 5.45. The van der Waals surface area contributed by atoms with Gasteiger partial charge in [0.25, 0.3) is 0 Å². The highest BCUT2D eigenvalue weighted by Crippen LogP contribution is 2.26. The van der Waals surface area contributed by atoms with Crippen molar-refractivity contribution in [2.24, 2.45) is 5.41 Å². The van der Waals surface area contributed by atoms with E-state index in [1.165, 1.54) is 25.7 Å². The maximum Gasteiger partial charge on any atom is 0.0587 e. The van der Waals surface area contributed by atoms with Crippen LogP contribution < -0.4 is 5.32 Å². The Morgan fingerprint density at radius 3 is 2.39 bits per heavy atom. The van der Waals surface area contributed by atoms with Crippen LogP contribution in [0, 0.1) is 5.41 Å². The zero-order valence-corrected chi connectivity index (χ0v) is 12.9. The molecular formula is C15H33NO2. The van der Waals surface area contributed by atoms with E-state index in [0.29, 0.717) is 5.41 Å². The first kappa shape index (κ1) is 17.9. The second kappa shape index (κ2) is 11.9. The van der Waals surface area contributed by atoms with E-state index in [2.05, 4.69) is 26.1 Å². The zero-order valence-electron chi connectivity index (χ0n) is 12.9. The summed E-state index contributed by atoms with van der Waals surface area (Å²) in [5, 5.41) is 3.48. The number of hydrogen-bond acceptors (Lipinski definition) is 3. The molecule has 1 N–H and O–H groups in total. The standard InChI is InChI=1S/C15H33NO2/c1-5-7-11-18-12-9-15(3,8-6-2)14-16-10-13-17-4/h16H,5-14H2,1-4H3. The lowest BCUT2D eigenvalue weighted by Gasteiger charge is -2.29. The summed E-state index contributed by atoms with van der Waals surface area (Å²) in [6.07, 6.45) is 6.02. The molecule has 0 aromatic heterocycles. The third-order valence-corrected chi connectivity index (χ3v) is 3.38. The molecule has 0 aliphatic rings. The third kappa shape index (κ3) is 9.86. The van der Waals surface area contributed by atoms with Gasteiger partial charge in [0.05, 0.1) is 6.61 Å². The van der Waals surface area contributed by atoms with Crippen molar-refractivity contribution in [3.8, 4) is 0 Å². The topological polar surface area (TPSA) is 30.5 Å². The van der Waals surface area contributed by atoms with E-state index in [1.807, 2.05) is 0 Å².